The number of ether oxygens (including phenoxy) is 1. The molecule has 1 fully saturated rings. The van der Waals surface area contributed by atoms with Crippen LogP contribution in [-0.4, -0.2) is 29.3 Å². The summed E-state index contributed by atoms with van der Waals surface area (Å²) in [6.07, 6.45) is 6.55. The number of hydrogen-bond donors (Lipinski definition) is 1. The summed E-state index contributed by atoms with van der Waals surface area (Å²) in [6, 6.07) is 0. The minimum absolute atomic E-state index is 0.684. The highest BCUT2D eigenvalue weighted by Gasteiger charge is 2.20. The largest absolute Gasteiger partial charge is 0.379 e. The third-order valence-electron chi connectivity index (χ3n) is 3.18. The van der Waals surface area contributed by atoms with Crippen LogP contribution in [0, 0.1) is 11.8 Å². The van der Waals surface area contributed by atoms with E-state index >= 15 is 0 Å². The first-order chi connectivity index (χ1) is 8.75. The standard InChI is InChI=1S/C14H25N3O/c1-12(2)7-15-8-14-9-16-11-17(14)5-6-18-10-13-3-4-13/h9,11-13,15H,3-8,10H2,1-2H3. The molecule has 1 aromatic rings. The minimum Gasteiger partial charge on any atom is -0.379 e. The zero-order valence-corrected chi connectivity index (χ0v) is 11.6. The molecule has 0 saturated heterocycles. The van der Waals surface area contributed by atoms with Crippen molar-refractivity contribution in [3.05, 3.63) is 18.2 Å². The SMILES string of the molecule is CC(C)CNCc1cncn1CCOCC1CC1. The van der Waals surface area contributed by atoms with Crippen LogP contribution in [0.5, 0.6) is 0 Å². The van der Waals surface area contributed by atoms with Gasteiger partial charge < -0.3 is 14.6 Å². The molecule has 1 aromatic heterocycles. The normalized spacial score (nSPS) is 15.5. The Bertz CT molecular complexity index is 345. The van der Waals surface area contributed by atoms with Crippen molar-refractivity contribution in [2.45, 2.75) is 39.8 Å². The third kappa shape index (κ3) is 4.78. The molecule has 1 heterocycles. The van der Waals surface area contributed by atoms with Gasteiger partial charge in [-0.15, -0.1) is 0 Å². The van der Waals surface area contributed by atoms with Crippen molar-refractivity contribution in [3.8, 4) is 0 Å². The molecule has 0 aromatic carbocycles. The fourth-order valence-electron chi connectivity index (χ4n) is 1.88. The van der Waals surface area contributed by atoms with E-state index < -0.39 is 0 Å². The zero-order valence-electron chi connectivity index (χ0n) is 11.6. The van der Waals surface area contributed by atoms with E-state index in [0.717, 1.165) is 38.8 Å². The molecule has 0 bridgehead atoms. The van der Waals surface area contributed by atoms with Gasteiger partial charge in [0.15, 0.2) is 0 Å². The molecule has 2 rings (SSSR count). The fourth-order valence-corrected chi connectivity index (χ4v) is 1.88. The second kappa shape index (κ2) is 6.90. The van der Waals surface area contributed by atoms with Gasteiger partial charge in [0.1, 0.15) is 0 Å². The van der Waals surface area contributed by atoms with Gasteiger partial charge in [0, 0.05) is 25.9 Å². The molecule has 1 N–H and O–H groups in total. The predicted octanol–water partition coefficient (Wildman–Crippen LogP) is 2.06. The number of imidazole rings is 1. The van der Waals surface area contributed by atoms with E-state index in [2.05, 4.69) is 28.7 Å². The Balaban J connectivity index is 1.65. The first-order valence-corrected chi connectivity index (χ1v) is 7.03. The van der Waals surface area contributed by atoms with Gasteiger partial charge in [-0.05, 0) is 31.2 Å². The summed E-state index contributed by atoms with van der Waals surface area (Å²) < 4.78 is 7.84. The van der Waals surface area contributed by atoms with E-state index in [4.69, 9.17) is 4.74 Å². The van der Waals surface area contributed by atoms with Crippen LogP contribution in [0.4, 0.5) is 0 Å². The molecule has 4 nitrogen and oxygen atoms in total. The van der Waals surface area contributed by atoms with E-state index in [1.807, 2.05) is 12.5 Å². The van der Waals surface area contributed by atoms with E-state index in [9.17, 15) is 0 Å². The monoisotopic (exact) mass is 251 g/mol. The summed E-state index contributed by atoms with van der Waals surface area (Å²) in [5, 5.41) is 3.44. The minimum atomic E-state index is 0.684. The maximum atomic E-state index is 5.66. The van der Waals surface area contributed by atoms with Gasteiger partial charge in [0.05, 0.1) is 18.6 Å². The van der Waals surface area contributed by atoms with Crippen LogP contribution in [0.3, 0.4) is 0 Å². The number of hydrogen-bond acceptors (Lipinski definition) is 3. The topological polar surface area (TPSA) is 39.1 Å². The van der Waals surface area contributed by atoms with Crippen LogP contribution in [0.2, 0.25) is 0 Å². The summed E-state index contributed by atoms with van der Waals surface area (Å²) in [6.45, 7) is 9.02. The first kappa shape index (κ1) is 13.6. The van der Waals surface area contributed by atoms with Crippen molar-refractivity contribution < 1.29 is 4.74 Å². The number of nitrogens with one attached hydrogen (secondary N) is 1. The van der Waals surface area contributed by atoms with Crippen LogP contribution in [0.1, 0.15) is 32.4 Å². The Morgan fingerprint density at radius 2 is 2.33 bits per heavy atom. The molecule has 0 radical (unpaired) electrons. The van der Waals surface area contributed by atoms with Crippen molar-refractivity contribution in [1.82, 2.24) is 14.9 Å². The van der Waals surface area contributed by atoms with Crippen LogP contribution < -0.4 is 5.32 Å². The lowest BCUT2D eigenvalue weighted by atomic mass is 10.2. The molecule has 0 aliphatic heterocycles. The highest BCUT2D eigenvalue weighted by molar-refractivity contribution is 4.97. The van der Waals surface area contributed by atoms with Gasteiger partial charge >= 0.3 is 0 Å². The Hall–Kier alpha value is -0.870. The molecular weight excluding hydrogens is 226 g/mol. The maximum Gasteiger partial charge on any atom is 0.0949 e. The van der Waals surface area contributed by atoms with Gasteiger partial charge in [-0.2, -0.15) is 0 Å². The molecule has 0 atom stereocenters. The highest BCUT2D eigenvalue weighted by Crippen LogP contribution is 2.28. The van der Waals surface area contributed by atoms with Crippen LogP contribution in [0.15, 0.2) is 12.5 Å². The second-order valence-electron chi connectivity index (χ2n) is 5.62. The number of aromatic nitrogens is 2. The van der Waals surface area contributed by atoms with Crippen LogP contribution in [0.25, 0.3) is 0 Å². The van der Waals surface area contributed by atoms with E-state index in [-0.39, 0.29) is 0 Å². The molecule has 4 heteroatoms. The van der Waals surface area contributed by atoms with Crippen molar-refractivity contribution >= 4 is 0 Å². The van der Waals surface area contributed by atoms with Gasteiger partial charge in [0.2, 0.25) is 0 Å². The van der Waals surface area contributed by atoms with Crippen molar-refractivity contribution in [2.24, 2.45) is 11.8 Å². The lowest BCUT2D eigenvalue weighted by Crippen LogP contribution is -2.21. The van der Waals surface area contributed by atoms with Crippen molar-refractivity contribution in [3.63, 3.8) is 0 Å². The number of nitrogens with zero attached hydrogens (tertiary/aromatic N) is 2. The van der Waals surface area contributed by atoms with Crippen LogP contribution >= 0.6 is 0 Å². The lowest BCUT2D eigenvalue weighted by Gasteiger charge is -2.10. The molecular formula is C14H25N3O. The average Bonchev–Trinajstić information content (AvgIpc) is 3.05. The Morgan fingerprint density at radius 3 is 3.06 bits per heavy atom. The summed E-state index contributed by atoms with van der Waals surface area (Å²) in [7, 11) is 0. The molecule has 0 unspecified atom stereocenters. The van der Waals surface area contributed by atoms with E-state index in [1.165, 1.54) is 18.5 Å². The van der Waals surface area contributed by atoms with Crippen LogP contribution in [-0.2, 0) is 17.8 Å². The third-order valence-corrected chi connectivity index (χ3v) is 3.18. The van der Waals surface area contributed by atoms with E-state index in [1.54, 1.807) is 0 Å². The molecule has 102 valence electrons. The van der Waals surface area contributed by atoms with Crippen molar-refractivity contribution in [1.29, 1.82) is 0 Å². The average molecular weight is 251 g/mol. The molecule has 1 aliphatic rings. The van der Waals surface area contributed by atoms with Gasteiger partial charge in [-0.1, -0.05) is 13.8 Å². The molecule has 1 aliphatic carbocycles. The fraction of sp³-hybridized carbons (Fsp3) is 0.786. The maximum absolute atomic E-state index is 5.66. The second-order valence-corrected chi connectivity index (χ2v) is 5.62. The van der Waals surface area contributed by atoms with Gasteiger partial charge in [-0.3, -0.25) is 0 Å². The Morgan fingerprint density at radius 1 is 1.50 bits per heavy atom. The quantitative estimate of drug-likeness (QED) is 0.683. The Kier molecular flexibility index (Phi) is 5.20. The van der Waals surface area contributed by atoms with Crippen molar-refractivity contribution in [2.75, 3.05) is 19.8 Å². The molecule has 1 saturated carbocycles. The van der Waals surface area contributed by atoms with Gasteiger partial charge in [0.25, 0.3) is 0 Å². The smallest absolute Gasteiger partial charge is 0.0949 e. The predicted molar refractivity (Wildman–Crippen MR) is 72.3 cm³/mol. The summed E-state index contributed by atoms with van der Waals surface area (Å²) >= 11 is 0. The lowest BCUT2D eigenvalue weighted by molar-refractivity contribution is 0.116. The first-order valence-electron chi connectivity index (χ1n) is 7.03. The Labute approximate surface area is 110 Å². The summed E-state index contributed by atoms with van der Waals surface area (Å²) in [4.78, 5) is 4.21. The number of rotatable bonds is 9. The molecule has 0 spiro atoms. The van der Waals surface area contributed by atoms with E-state index in [0.29, 0.717) is 5.92 Å². The highest BCUT2D eigenvalue weighted by atomic mass is 16.5. The molecule has 0 amide bonds. The summed E-state index contributed by atoms with van der Waals surface area (Å²) in [5.41, 5.74) is 1.24. The summed E-state index contributed by atoms with van der Waals surface area (Å²) in [5.74, 6) is 1.53. The zero-order chi connectivity index (χ0) is 12.8. The molecule has 18 heavy (non-hydrogen) atoms. The van der Waals surface area contributed by atoms with Gasteiger partial charge in [-0.25, -0.2) is 4.98 Å².